The van der Waals surface area contributed by atoms with Crippen LogP contribution in [0.15, 0.2) is 18.2 Å². The van der Waals surface area contributed by atoms with Crippen molar-refractivity contribution in [1.82, 2.24) is 10.2 Å². The molecule has 1 saturated heterocycles. The Morgan fingerprint density at radius 1 is 1.25 bits per heavy atom. The van der Waals surface area contributed by atoms with Gasteiger partial charge in [0.25, 0.3) is 5.91 Å². The highest BCUT2D eigenvalue weighted by Gasteiger charge is 2.39. The Hall–Kier alpha value is -2.25. The zero-order valence-electron chi connectivity index (χ0n) is 13.4. The minimum atomic E-state index is -0.580. The van der Waals surface area contributed by atoms with Crippen LogP contribution in [0.1, 0.15) is 34.3 Å². The van der Waals surface area contributed by atoms with Gasteiger partial charge in [-0.05, 0) is 30.0 Å². The summed E-state index contributed by atoms with van der Waals surface area (Å²) in [5.74, 6) is -0.817. The van der Waals surface area contributed by atoms with E-state index in [4.69, 9.17) is 10.5 Å². The Labute approximate surface area is 140 Å². The maximum absolute atomic E-state index is 12.7. The molecule has 0 spiro atoms. The summed E-state index contributed by atoms with van der Waals surface area (Å²) in [6.45, 7) is 1.93. The first-order chi connectivity index (χ1) is 11.6. The minimum absolute atomic E-state index is 0.149. The lowest BCUT2D eigenvalue weighted by Crippen LogP contribution is -2.52. The second-order valence-electron chi connectivity index (χ2n) is 5.99. The van der Waals surface area contributed by atoms with Crippen molar-refractivity contribution in [3.63, 3.8) is 0 Å². The first kappa shape index (κ1) is 16.6. The summed E-state index contributed by atoms with van der Waals surface area (Å²) in [6.07, 6.45) is 1.33. The van der Waals surface area contributed by atoms with E-state index in [1.54, 1.807) is 11.0 Å². The van der Waals surface area contributed by atoms with Gasteiger partial charge in [0.15, 0.2) is 0 Å². The van der Waals surface area contributed by atoms with Gasteiger partial charge in [0.2, 0.25) is 11.8 Å². The number of nitrogens with two attached hydrogens (primary N) is 1. The standard InChI is InChI=1S/C17H21N3O4/c18-7-9-24-8-6-11-2-1-3-12-13(11)10-20(17(12)23)14-4-5-15(21)19-16(14)22/h1-3,14H,4-10,18H2,(H,19,21,22). The number of piperidine rings is 1. The molecular formula is C17H21N3O4. The maximum atomic E-state index is 12.7. The van der Waals surface area contributed by atoms with E-state index in [1.165, 1.54) is 0 Å². The number of ether oxygens (including phenoxy) is 1. The van der Waals surface area contributed by atoms with Crippen molar-refractivity contribution in [3.8, 4) is 0 Å². The van der Waals surface area contributed by atoms with Gasteiger partial charge in [-0.1, -0.05) is 12.1 Å². The molecule has 7 nitrogen and oxygen atoms in total. The molecule has 24 heavy (non-hydrogen) atoms. The van der Waals surface area contributed by atoms with Gasteiger partial charge in [-0.2, -0.15) is 0 Å². The molecule has 3 N–H and O–H groups in total. The molecule has 1 atom stereocenters. The average Bonchev–Trinajstić information content (AvgIpc) is 2.89. The summed E-state index contributed by atoms with van der Waals surface area (Å²) in [5.41, 5.74) is 8.03. The molecule has 1 aromatic carbocycles. The maximum Gasteiger partial charge on any atom is 0.255 e. The van der Waals surface area contributed by atoms with E-state index in [9.17, 15) is 14.4 Å². The molecule has 1 aromatic rings. The smallest absolute Gasteiger partial charge is 0.255 e. The second kappa shape index (κ2) is 7.11. The molecule has 0 aromatic heterocycles. The average molecular weight is 331 g/mol. The van der Waals surface area contributed by atoms with Crippen LogP contribution in [-0.4, -0.2) is 48.4 Å². The van der Waals surface area contributed by atoms with Crippen molar-refractivity contribution in [2.75, 3.05) is 19.8 Å². The van der Waals surface area contributed by atoms with Crippen LogP contribution >= 0.6 is 0 Å². The quantitative estimate of drug-likeness (QED) is 0.563. The topological polar surface area (TPSA) is 102 Å². The van der Waals surface area contributed by atoms with Crippen molar-refractivity contribution in [2.24, 2.45) is 5.73 Å². The zero-order chi connectivity index (χ0) is 17.1. The van der Waals surface area contributed by atoms with Crippen molar-refractivity contribution < 1.29 is 19.1 Å². The van der Waals surface area contributed by atoms with Crippen molar-refractivity contribution in [1.29, 1.82) is 0 Å². The van der Waals surface area contributed by atoms with Gasteiger partial charge in [-0.3, -0.25) is 19.7 Å². The number of nitrogens with zero attached hydrogens (tertiary/aromatic N) is 1. The third-order valence-corrected chi connectivity index (χ3v) is 4.46. The molecule has 0 radical (unpaired) electrons. The zero-order valence-corrected chi connectivity index (χ0v) is 13.4. The fourth-order valence-corrected chi connectivity index (χ4v) is 3.25. The van der Waals surface area contributed by atoms with E-state index in [-0.39, 0.29) is 24.1 Å². The SMILES string of the molecule is NCCOCCc1cccc2c1CN(C1CCC(=O)NC1=O)C2=O. The predicted octanol–water partition coefficient (Wildman–Crippen LogP) is -0.0346. The third-order valence-electron chi connectivity index (χ3n) is 4.46. The molecule has 2 aliphatic heterocycles. The molecule has 0 saturated carbocycles. The lowest BCUT2D eigenvalue weighted by molar-refractivity contribution is -0.136. The molecule has 1 fully saturated rings. The van der Waals surface area contributed by atoms with Gasteiger partial charge in [-0.25, -0.2) is 0 Å². The Morgan fingerprint density at radius 3 is 2.83 bits per heavy atom. The summed E-state index contributed by atoms with van der Waals surface area (Å²) in [6, 6.07) is 5.03. The highest BCUT2D eigenvalue weighted by molar-refractivity contribution is 6.05. The summed E-state index contributed by atoms with van der Waals surface area (Å²) < 4.78 is 5.42. The number of fused-ring (bicyclic) bond motifs is 1. The summed E-state index contributed by atoms with van der Waals surface area (Å²) in [7, 11) is 0. The van der Waals surface area contributed by atoms with E-state index in [1.807, 2.05) is 12.1 Å². The molecular weight excluding hydrogens is 310 g/mol. The molecule has 128 valence electrons. The number of hydrogen-bond acceptors (Lipinski definition) is 5. The number of amides is 3. The van der Waals surface area contributed by atoms with Crippen LogP contribution in [0.25, 0.3) is 0 Å². The monoisotopic (exact) mass is 331 g/mol. The molecule has 3 rings (SSSR count). The van der Waals surface area contributed by atoms with Crippen LogP contribution in [0.4, 0.5) is 0 Å². The number of carbonyl (C=O) groups excluding carboxylic acids is 3. The molecule has 0 aliphatic carbocycles. The number of nitrogens with one attached hydrogen (secondary N) is 1. The molecule has 2 aliphatic rings. The van der Waals surface area contributed by atoms with Gasteiger partial charge >= 0.3 is 0 Å². The van der Waals surface area contributed by atoms with E-state index in [0.29, 0.717) is 44.7 Å². The lowest BCUT2D eigenvalue weighted by atomic mass is 10.0. The van der Waals surface area contributed by atoms with E-state index < -0.39 is 6.04 Å². The minimum Gasteiger partial charge on any atom is -0.380 e. The van der Waals surface area contributed by atoms with Crippen molar-refractivity contribution in [3.05, 3.63) is 34.9 Å². The van der Waals surface area contributed by atoms with Crippen LogP contribution in [-0.2, 0) is 27.3 Å². The van der Waals surface area contributed by atoms with Crippen LogP contribution in [0.3, 0.4) is 0 Å². The number of imide groups is 1. The summed E-state index contributed by atoms with van der Waals surface area (Å²) in [5, 5.41) is 2.31. The molecule has 3 amide bonds. The fourth-order valence-electron chi connectivity index (χ4n) is 3.25. The lowest BCUT2D eigenvalue weighted by Gasteiger charge is -2.29. The molecule has 1 unspecified atom stereocenters. The number of carbonyl (C=O) groups is 3. The number of benzene rings is 1. The van der Waals surface area contributed by atoms with E-state index in [0.717, 1.165) is 11.1 Å². The largest absolute Gasteiger partial charge is 0.380 e. The fraction of sp³-hybridized carbons (Fsp3) is 0.471. The molecule has 7 heteroatoms. The van der Waals surface area contributed by atoms with Crippen molar-refractivity contribution >= 4 is 17.7 Å². The Kier molecular flexibility index (Phi) is 4.92. The third kappa shape index (κ3) is 3.18. The van der Waals surface area contributed by atoms with Crippen LogP contribution in [0.5, 0.6) is 0 Å². The molecule has 0 bridgehead atoms. The molecule has 2 heterocycles. The first-order valence-electron chi connectivity index (χ1n) is 8.15. The van der Waals surface area contributed by atoms with Gasteiger partial charge < -0.3 is 15.4 Å². The highest BCUT2D eigenvalue weighted by atomic mass is 16.5. The summed E-state index contributed by atoms with van der Waals surface area (Å²) in [4.78, 5) is 37.6. The van der Waals surface area contributed by atoms with Gasteiger partial charge in [0.05, 0.1) is 13.2 Å². The number of hydrogen-bond donors (Lipinski definition) is 2. The van der Waals surface area contributed by atoms with Gasteiger partial charge in [0, 0.05) is 25.1 Å². The van der Waals surface area contributed by atoms with E-state index in [2.05, 4.69) is 5.32 Å². The van der Waals surface area contributed by atoms with E-state index >= 15 is 0 Å². The van der Waals surface area contributed by atoms with Crippen LogP contribution < -0.4 is 11.1 Å². The highest BCUT2D eigenvalue weighted by Crippen LogP contribution is 2.30. The van der Waals surface area contributed by atoms with Gasteiger partial charge in [0.1, 0.15) is 6.04 Å². The summed E-state index contributed by atoms with van der Waals surface area (Å²) >= 11 is 0. The van der Waals surface area contributed by atoms with Crippen LogP contribution in [0, 0.1) is 0 Å². The first-order valence-corrected chi connectivity index (χ1v) is 8.15. The Bertz CT molecular complexity index is 674. The van der Waals surface area contributed by atoms with Crippen molar-refractivity contribution in [2.45, 2.75) is 31.8 Å². The second-order valence-corrected chi connectivity index (χ2v) is 5.99. The Balaban J connectivity index is 1.75. The van der Waals surface area contributed by atoms with Crippen LogP contribution in [0.2, 0.25) is 0 Å². The predicted molar refractivity (Wildman–Crippen MR) is 86.1 cm³/mol. The van der Waals surface area contributed by atoms with Gasteiger partial charge in [-0.15, -0.1) is 0 Å². The Morgan fingerprint density at radius 2 is 2.08 bits per heavy atom. The normalized spacial score (nSPS) is 20.3. The number of rotatable bonds is 6.